The molecule has 1 fully saturated rings. The quantitative estimate of drug-likeness (QED) is 0.704. The predicted molar refractivity (Wildman–Crippen MR) is 101 cm³/mol. The summed E-state index contributed by atoms with van der Waals surface area (Å²) in [6.07, 6.45) is 0. The molecule has 0 saturated carbocycles. The Hall–Kier alpha value is -2.55. The maximum absolute atomic E-state index is 13.4. The van der Waals surface area contributed by atoms with Gasteiger partial charge in [0.05, 0.1) is 31.1 Å². The summed E-state index contributed by atoms with van der Waals surface area (Å²) in [7, 11) is -3.67. The molecule has 1 aliphatic heterocycles. The Labute approximate surface area is 163 Å². The first kappa shape index (κ1) is 18.8. The molecule has 2 heterocycles. The lowest BCUT2D eigenvalue weighted by molar-refractivity contribution is -0.917. The van der Waals surface area contributed by atoms with Gasteiger partial charge in [0, 0.05) is 11.6 Å². The molecule has 1 N–H and O–H groups in total. The van der Waals surface area contributed by atoms with Crippen molar-refractivity contribution in [2.24, 2.45) is 0 Å². The van der Waals surface area contributed by atoms with Crippen molar-refractivity contribution in [2.45, 2.75) is 11.4 Å². The average Bonchev–Trinajstić information content (AvgIpc) is 3.18. The van der Waals surface area contributed by atoms with Crippen molar-refractivity contribution >= 4 is 10.0 Å². The maximum atomic E-state index is 13.4. The largest absolute Gasteiger partial charge is 0.356 e. The SMILES string of the molecule is O=S(=O)(c1cccc(F)c1)N1CC[NH+](Cc2cc(-c3ccccc3)on2)CC1. The van der Waals surface area contributed by atoms with Crippen LogP contribution in [0, 0.1) is 5.82 Å². The highest BCUT2D eigenvalue weighted by Gasteiger charge is 2.31. The van der Waals surface area contributed by atoms with Crippen LogP contribution in [0.3, 0.4) is 0 Å². The molecule has 0 bridgehead atoms. The second-order valence-corrected chi connectivity index (χ2v) is 8.77. The number of benzene rings is 2. The first-order chi connectivity index (χ1) is 13.5. The van der Waals surface area contributed by atoms with E-state index in [9.17, 15) is 12.8 Å². The summed E-state index contributed by atoms with van der Waals surface area (Å²) in [6, 6.07) is 16.8. The highest BCUT2D eigenvalue weighted by Crippen LogP contribution is 2.20. The number of nitrogens with zero attached hydrogens (tertiary/aromatic N) is 2. The summed E-state index contributed by atoms with van der Waals surface area (Å²) < 4.78 is 45.6. The smallest absolute Gasteiger partial charge is 0.243 e. The van der Waals surface area contributed by atoms with Crippen LogP contribution in [0.4, 0.5) is 4.39 Å². The second kappa shape index (κ2) is 7.83. The molecule has 4 rings (SSSR count). The summed E-state index contributed by atoms with van der Waals surface area (Å²) >= 11 is 0. The molecule has 0 atom stereocenters. The number of hydrogen-bond acceptors (Lipinski definition) is 4. The predicted octanol–water partition coefficient (Wildman–Crippen LogP) is 1.57. The number of rotatable bonds is 5. The van der Waals surface area contributed by atoms with E-state index in [1.165, 1.54) is 27.4 Å². The number of halogens is 1. The molecule has 2 aromatic carbocycles. The minimum Gasteiger partial charge on any atom is -0.356 e. The lowest BCUT2D eigenvalue weighted by Crippen LogP contribution is -3.13. The van der Waals surface area contributed by atoms with Crippen molar-refractivity contribution in [3.63, 3.8) is 0 Å². The molecule has 146 valence electrons. The van der Waals surface area contributed by atoms with Crippen LogP contribution in [0.15, 0.2) is 70.1 Å². The van der Waals surface area contributed by atoms with Gasteiger partial charge in [-0.1, -0.05) is 41.6 Å². The second-order valence-electron chi connectivity index (χ2n) is 6.84. The van der Waals surface area contributed by atoms with Crippen molar-refractivity contribution in [2.75, 3.05) is 26.2 Å². The highest BCUT2D eigenvalue weighted by molar-refractivity contribution is 7.89. The standard InChI is InChI=1S/C20H20FN3O3S/c21-17-7-4-8-19(13-17)28(25,26)24-11-9-23(10-12-24)15-18-14-20(27-22-18)16-5-2-1-3-6-16/h1-8,13-14H,9-12,15H2/p+1. The Balaban J connectivity index is 1.38. The third kappa shape index (κ3) is 3.99. The Morgan fingerprint density at radius 2 is 1.79 bits per heavy atom. The molecule has 1 saturated heterocycles. The molecule has 6 nitrogen and oxygen atoms in total. The fourth-order valence-electron chi connectivity index (χ4n) is 3.39. The molecule has 8 heteroatoms. The van der Waals surface area contributed by atoms with Crippen molar-refractivity contribution in [1.29, 1.82) is 0 Å². The van der Waals surface area contributed by atoms with E-state index in [0.717, 1.165) is 23.1 Å². The maximum Gasteiger partial charge on any atom is 0.243 e. The van der Waals surface area contributed by atoms with E-state index in [0.29, 0.717) is 32.7 Å². The van der Waals surface area contributed by atoms with E-state index in [-0.39, 0.29) is 4.90 Å². The molecule has 0 aliphatic carbocycles. The van der Waals surface area contributed by atoms with Gasteiger partial charge in [-0.15, -0.1) is 0 Å². The average molecular weight is 402 g/mol. The minimum atomic E-state index is -3.67. The molecule has 28 heavy (non-hydrogen) atoms. The molecular formula is C20H21FN3O3S+. The van der Waals surface area contributed by atoms with E-state index < -0.39 is 15.8 Å². The number of nitrogens with one attached hydrogen (secondary N) is 1. The minimum absolute atomic E-state index is 0.0000424. The molecular weight excluding hydrogens is 381 g/mol. The fraction of sp³-hybridized carbons (Fsp3) is 0.250. The van der Waals surface area contributed by atoms with Gasteiger partial charge in [-0.05, 0) is 18.2 Å². The Bertz CT molecular complexity index is 1050. The van der Waals surface area contributed by atoms with Gasteiger partial charge in [0.15, 0.2) is 5.76 Å². The van der Waals surface area contributed by atoms with Gasteiger partial charge in [0.25, 0.3) is 0 Å². The van der Waals surface area contributed by atoms with Crippen LogP contribution in [-0.4, -0.2) is 44.1 Å². The van der Waals surface area contributed by atoms with E-state index in [4.69, 9.17) is 4.52 Å². The Kier molecular flexibility index (Phi) is 5.25. The number of sulfonamides is 1. The summed E-state index contributed by atoms with van der Waals surface area (Å²) in [4.78, 5) is 1.23. The Morgan fingerprint density at radius 3 is 2.50 bits per heavy atom. The van der Waals surface area contributed by atoms with Crippen LogP contribution in [0.25, 0.3) is 11.3 Å². The molecule has 0 radical (unpaired) electrons. The number of quaternary nitrogens is 1. The van der Waals surface area contributed by atoms with Crippen LogP contribution in [0.2, 0.25) is 0 Å². The van der Waals surface area contributed by atoms with Gasteiger partial charge in [0.1, 0.15) is 18.1 Å². The van der Waals surface area contributed by atoms with Crippen LogP contribution in [-0.2, 0) is 16.6 Å². The first-order valence-electron chi connectivity index (χ1n) is 9.13. The van der Waals surface area contributed by atoms with Gasteiger partial charge in [-0.3, -0.25) is 0 Å². The van der Waals surface area contributed by atoms with Gasteiger partial charge in [-0.2, -0.15) is 4.31 Å². The van der Waals surface area contributed by atoms with Crippen LogP contribution in [0.5, 0.6) is 0 Å². The number of aromatic nitrogens is 1. The van der Waals surface area contributed by atoms with Gasteiger partial charge in [-0.25, -0.2) is 12.8 Å². The zero-order chi connectivity index (χ0) is 19.6. The summed E-state index contributed by atoms with van der Waals surface area (Å²) in [6.45, 7) is 2.75. The lowest BCUT2D eigenvalue weighted by Gasteiger charge is -2.31. The molecule has 0 spiro atoms. The van der Waals surface area contributed by atoms with E-state index in [2.05, 4.69) is 5.16 Å². The molecule has 1 aromatic heterocycles. The van der Waals surface area contributed by atoms with Crippen molar-refractivity contribution in [3.05, 3.63) is 72.2 Å². The zero-order valence-corrected chi connectivity index (χ0v) is 16.0. The molecule has 0 unspecified atom stereocenters. The zero-order valence-electron chi connectivity index (χ0n) is 15.2. The van der Waals surface area contributed by atoms with Gasteiger partial charge in [0.2, 0.25) is 10.0 Å². The molecule has 3 aromatic rings. The van der Waals surface area contributed by atoms with Crippen molar-refractivity contribution in [3.8, 4) is 11.3 Å². The van der Waals surface area contributed by atoms with Gasteiger partial charge >= 0.3 is 0 Å². The summed E-state index contributed by atoms with van der Waals surface area (Å²) in [5.41, 5.74) is 1.82. The molecule has 0 amide bonds. The normalized spacial score (nSPS) is 16.3. The van der Waals surface area contributed by atoms with E-state index >= 15 is 0 Å². The monoisotopic (exact) mass is 402 g/mol. The van der Waals surface area contributed by atoms with Crippen LogP contribution < -0.4 is 4.90 Å². The van der Waals surface area contributed by atoms with E-state index in [1.54, 1.807) is 0 Å². The summed E-state index contributed by atoms with van der Waals surface area (Å²) in [5, 5.41) is 4.14. The van der Waals surface area contributed by atoms with Crippen molar-refractivity contribution < 1.29 is 22.2 Å². The third-order valence-electron chi connectivity index (χ3n) is 4.91. The van der Waals surface area contributed by atoms with E-state index in [1.807, 2.05) is 36.4 Å². The highest BCUT2D eigenvalue weighted by atomic mass is 32.2. The number of hydrogen-bond donors (Lipinski definition) is 1. The fourth-order valence-corrected chi connectivity index (χ4v) is 4.86. The molecule has 1 aliphatic rings. The Morgan fingerprint density at radius 1 is 1.04 bits per heavy atom. The van der Waals surface area contributed by atoms with Gasteiger partial charge < -0.3 is 9.42 Å². The first-order valence-corrected chi connectivity index (χ1v) is 10.6. The van der Waals surface area contributed by atoms with Crippen LogP contribution >= 0.6 is 0 Å². The lowest BCUT2D eigenvalue weighted by atomic mass is 10.1. The topological polar surface area (TPSA) is 67.8 Å². The van der Waals surface area contributed by atoms with Crippen molar-refractivity contribution in [1.82, 2.24) is 9.46 Å². The third-order valence-corrected chi connectivity index (χ3v) is 6.81. The van der Waals surface area contributed by atoms with Crippen LogP contribution in [0.1, 0.15) is 5.69 Å². The summed E-state index contributed by atoms with van der Waals surface area (Å²) in [5.74, 6) is 0.174. The number of piperazine rings is 1.